The van der Waals surface area contributed by atoms with Gasteiger partial charge in [-0.25, -0.2) is 0 Å². The molecule has 0 atom stereocenters. The van der Waals surface area contributed by atoms with Crippen LogP contribution in [0.5, 0.6) is 11.5 Å². The molecule has 0 aliphatic carbocycles. The van der Waals surface area contributed by atoms with E-state index in [0.29, 0.717) is 23.6 Å². The monoisotopic (exact) mass is 256 g/mol. The lowest BCUT2D eigenvalue weighted by atomic mass is 10.2. The number of hydrogen-bond donors (Lipinski definition) is 1. The number of benzene rings is 1. The molecule has 1 aliphatic rings. The van der Waals surface area contributed by atoms with Crippen LogP contribution in [0.3, 0.4) is 0 Å². The molecule has 1 aliphatic heterocycles. The summed E-state index contributed by atoms with van der Waals surface area (Å²) in [5, 5.41) is 2.83. The van der Waals surface area contributed by atoms with E-state index < -0.39 is 0 Å². The van der Waals surface area contributed by atoms with Gasteiger partial charge in [0, 0.05) is 24.1 Å². The first kappa shape index (κ1) is 11.5. The molecule has 2 heterocycles. The van der Waals surface area contributed by atoms with Gasteiger partial charge in [0.05, 0.1) is 6.42 Å². The van der Waals surface area contributed by atoms with Gasteiger partial charge in [0.2, 0.25) is 12.7 Å². The molecule has 0 saturated heterocycles. The highest BCUT2D eigenvalue weighted by atomic mass is 16.7. The van der Waals surface area contributed by atoms with Crippen molar-refractivity contribution in [2.45, 2.75) is 6.42 Å². The van der Waals surface area contributed by atoms with E-state index >= 15 is 0 Å². The Morgan fingerprint density at radius 3 is 2.79 bits per heavy atom. The Morgan fingerprint density at radius 1 is 1.16 bits per heavy atom. The van der Waals surface area contributed by atoms with Crippen molar-refractivity contribution < 1.29 is 14.3 Å². The van der Waals surface area contributed by atoms with Gasteiger partial charge >= 0.3 is 0 Å². The first-order valence-corrected chi connectivity index (χ1v) is 5.90. The third-order valence-electron chi connectivity index (χ3n) is 2.77. The van der Waals surface area contributed by atoms with Gasteiger partial charge in [-0.05, 0) is 29.8 Å². The molecule has 96 valence electrons. The van der Waals surface area contributed by atoms with Gasteiger partial charge in [-0.1, -0.05) is 0 Å². The molecule has 5 nitrogen and oxygen atoms in total. The molecule has 19 heavy (non-hydrogen) atoms. The maximum atomic E-state index is 11.9. The Balaban J connectivity index is 1.66. The largest absolute Gasteiger partial charge is 0.454 e. The van der Waals surface area contributed by atoms with Crippen LogP contribution in [0, 0.1) is 0 Å². The third kappa shape index (κ3) is 2.65. The van der Waals surface area contributed by atoms with Crippen LogP contribution in [0.15, 0.2) is 42.7 Å². The average molecular weight is 256 g/mol. The number of aromatic nitrogens is 1. The molecule has 0 unspecified atom stereocenters. The van der Waals surface area contributed by atoms with Gasteiger partial charge in [-0.15, -0.1) is 0 Å². The molecule has 1 amide bonds. The molecule has 3 rings (SSSR count). The molecule has 0 radical (unpaired) electrons. The highest BCUT2D eigenvalue weighted by Crippen LogP contribution is 2.34. The van der Waals surface area contributed by atoms with Crippen molar-refractivity contribution in [1.82, 2.24) is 4.98 Å². The van der Waals surface area contributed by atoms with Crippen molar-refractivity contribution in [1.29, 1.82) is 0 Å². The predicted molar refractivity (Wildman–Crippen MR) is 69.1 cm³/mol. The molecular formula is C14H12N2O3. The van der Waals surface area contributed by atoms with Crippen LogP contribution in [0.25, 0.3) is 0 Å². The number of fused-ring (bicyclic) bond motifs is 1. The second-order valence-electron chi connectivity index (χ2n) is 4.15. The Labute approximate surface area is 110 Å². The van der Waals surface area contributed by atoms with Gasteiger partial charge in [0.1, 0.15) is 0 Å². The third-order valence-corrected chi connectivity index (χ3v) is 2.77. The number of carbonyl (C=O) groups is 1. The number of carbonyl (C=O) groups excluding carboxylic acids is 1. The molecular weight excluding hydrogens is 244 g/mol. The van der Waals surface area contributed by atoms with E-state index in [9.17, 15) is 4.79 Å². The smallest absolute Gasteiger partial charge is 0.231 e. The van der Waals surface area contributed by atoms with Crippen molar-refractivity contribution in [2.24, 2.45) is 0 Å². The molecule has 0 spiro atoms. The summed E-state index contributed by atoms with van der Waals surface area (Å²) in [4.78, 5) is 15.8. The number of ether oxygens (including phenoxy) is 2. The van der Waals surface area contributed by atoms with Crippen molar-refractivity contribution >= 4 is 11.6 Å². The molecule has 0 fully saturated rings. The standard InChI is InChI=1S/C14H12N2O3/c17-14(7-10-3-5-15-6-4-10)16-11-1-2-12-13(8-11)19-9-18-12/h1-6,8H,7,9H2,(H,16,17). The normalized spacial score (nSPS) is 12.2. The van der Waals surface area contributed by atoms with E-state index in [4.69, 9.17) is 9.47 Å². The fourth-order valence-electron chi connectivity index (χ4n) is 1.87. The maximum absolute atomic E-state index is 11.9. The van der Waals surface area contributed by atoms with Crippen molar-refractivity contribution in [3.05, 3.63) is 48.3 Å². The van der Waals surface area contributed by atoms with E-state index in [-0.39, 0.29) is 12.7 Å². The minimum absolute atomic E-state index is 0.0786. The zero-order valence-electron chi connectivity index (χ0n) is 10.1. The number of pyridine rings is 1. The zero-order chi connectivity index (χ0) is 13.1. The van der Waals surface area contributed by atoms with Crippen LogP contribution in [0.4, 0.5) is 5.69 Å². The first-order chi connectivity index (χ1) is 9.31. The second kappa shape index (κ2) is 4.97. The van der Waals surface area contributed by atoms with Crippen molar-refractivity contribution in [2.75, 3.05) is 12.1 Å². The van der Waals surface area contributed by atoms with E-state index in [1.807, 2.05) is 12.1 Å². The fraction of sp³-hybridized carbons (Fsp3) is 0.143. The van der Waals surface area contributed by atoms with Gasteiger partial charge < -0.3 is 14.8 Å². The van der Waals surface area contributed by atoms with Crippen molar-refractivity contribution in [3.8, 4) is 11.5 Å². The number of nitrogens with one attached hydrogen (secondary N) is 1. The van der Waals surface area contributed by atoms with Crippen LogP contribution in [-0.4, -0.2) is 17.7 Å². The summed E-state index contributed by atoms with van der Waals surface area (Å²) in [5.41, 5.74) is 1.62. The lowest BCUT2D eigenvalue weighted by Gasteiger charge is -2.06. The number of nitrogens with zero attached hydrogens (tertiary/aromatic N) is 1. The summed E-state index contributed by atoms with van der Waals surface area (Å²) < 4.78 is 10.5. The topological polar surface area (TPSA) is 60.5 Å². The molecule has 1 N–H and O–H groups in total. The van der Waals surface area contributed by atoms with Crippen LogP contribution in [-0.2, 0) is 11.2 Å². The van der Waals surface area contributed by atoms with E-state index in [1.165, 1.54) is 0 Å². The number of anilines is 1. The minimum atomic E-state index is -0.0786. The van der Waals surface area contributed by atoms with Gasteiger partial charge in [0.25, 0.3) is 0 Å². The fourth-order valence-corrected chi connectivity index (χ4v) is 1.87. The number of rotatable bonds is 3. The van der Waals surface area contributed by atoms with Crippen LogP contribution >= 0.6 is 0 Å². The van der Waals surface area contributed by atoms with Gasteiger partial charge in [0.15, 0.2) is 11.5 Å². The zero-order valence-corrected chi connectivity index (χ0v) is 10.1. The average Bonchev–Trinajstić information content (AvgIpc) is 2.87. The van der Waals surface area contributed by atoms with E-state index in [0.717, 1.165) is 5.56 Å². The Bertz CT molecular complexity index is 599. The van der Waals surface area contributed by atoms with E-state index in [2.05, 4.69) is 10.3 Å². The lowest BCUT2D eigenvalue weighted by Crippen LogP contribution is -2.14. The number of amides is 1. The highest BCUT2D eigenvalue weighted by Gasteiger charge is 2.14. The summed E-state index contributed by atoms with van der Waals surface area (Å²) >= 11 is 0. The summed E-state index contributed by atoms with van der Waals surface area (Å²) in [6, 6.07) is 8.97. The van der Waals surface area contributed by atoms with Crippen LogP contribution in [0.1, 0.15) is 5.56 Å². The Hall–Kier alpha value is -2.56. The summed E-state index contributed by atoms with van der Waals surface area (Å²) in [6.07, 6.45) is 3.66. The Morgan fingerprint density at radius 2 is 1.95 bits per heavy atom. The number of hydrogen-bond acceptors (Lipinski definition) is 4. The lowest BCUT2D eigenvalue weighted by molar-refractivity contribution is -0.115. The molecule has 0 saturated carbocycles. The molecule has 1 aromatic carbocycles. The molecule has 2 aromatic rings. The maximum Gasteiger partial charge on any atom is 0.231 e. The predicted octanol–water partition coefficient (Wildman–Crippen LogP) is 1.99. The second-order valence-corrected chi connectivity index (χ2v) is 4.15. The Kier molecular flexibility index (Phi) is 3.02. The molecule has 0 bridgehead atoms. The van der Waals surface area contributed by atoms with Crippen molar-refractivity contribution in [3.63, 3.8) is 0 Å². The first-order valence-electron chi connectivity index (χ1n) is 5.90. The van der Waals surface area contributed by atoms with E-state index in [1.54, 1.807) is 30.6 Å². The summed E-state index contributed by atoms with van der Waals surface area (Å²) in [7, 11) is 0. The molecule has 1 aromatic heterocycles. The quantitative estimate of drug-likeness (QED) is 0.912. The SMILES string of the molecule is O=C(Cc1ccncc1)Nc1ccc2c(c1)OCO2. The van der Waals surface area contributed by atoms with Gasteiger partial charge in [-0.3, -0.25) is 9.78 Å². The molecule has 5 heteroatoms. The van der Waals surface area contributed by atoms with Crippen LogP contribution < -0.4 is 14.8 Å². The minimum Gasteiger partial charge on any atom is -0.454 e. The van der Waals surface area contributed by atoms with Gasteiger partial charge in [-0.2, -0.15) is 0 Å². The summed E-state index contributed by atoms with van der Waals surface area (Å²) in [5.74, 6) is 1.28. The summed E-state index contributed by atoms with van der Waals surface area (Å²) in [6.45, 7) is 0.226. The highest BCUT2D eigenvalue weighted by molar-refractivity contribution is 5.92. The van der Waals surface area contributed by atoms with Crippen LogP contribution in [0.2, 0.25) is 0 Å².